The van der Waals surface area contributed by atoms with Crippen LogP contribution in [0.5, 0.6) is 0 Å². The Morgan fingerprint density at radius 3 is 2.62 bits per heavy atom. The summed E-state index contributed by atoms with van der Waals surface area (Å²) in [4.78, 5) is 10.7. The Hall–Kier alpha value is -1.45. The van der Waals surface area contributed by atoms with Gasteiger partial charge in [-0.05, 0) is 24.6 Å². The number of carbonyl (C=O) groups excluding carboxylic acids is 1. The summed E-state index contributed by atoms with van der Waals surface area (Å²) in [5.74, 6) is -0.109. The van der Waals surface area contributed by atoms with Gasteiger partial charge in [-0.1, -0.05) is 0 Å². The summed E-state index contributed by atoms with van der Waals surface area (Å²) in [6.45, 7) is -0.358. The molecule has 0 aromatic heterocycles. The molecule has 0 saturated carbocycles. The first-order valence-electron chi connectivity index (χ1n) is 6.13. The minimum Gasteiger partial charge on any atom is -0.394 e. The summed E-state index contributed by atoms with van der Waals surface area (Å²) in [7, 11) is -7.27. The second-order valence-electron chi connectivity index (χ2n) is 4.85. The van der Waals surface area contributed by atoms with Crippen molar-refractivity contribution in [3.8, 4) is 0 Å². The molecule has 1 atom stereocenters. The van der Waals surface area contributed by atoms with Gasteiger partial charge in [-0.3, -0.25) is 9.10 Å². The van der Waals surface area contributed by atoms with Crippen molar-refractivity contribution < 1.29 is 26.7 Å². The van der Waals surface area contributed by atoms with Gasteiger partial charge in [0.05, 0.1) is 29.0 Å². The zero-order valence-corrected chi connectivity index (χ0v) is 12.9. The van der Waals surface area contributed by atoms with Gasteiger partial charge in [0.2, 0.25) is 10.0 Å². The van der Waals surface area contributed by atoms with E-state index in [-0.39, 0.29) is 34.9 Å². The number of nitrogens with zero attached hydrogens (tertiary/aromatic N) is 1. The quantitative estimate of drug-likeness (QED) is 0.765. The smallest absolute Gasteiger partial charge is 0.235 e. The molecule has 1 unspecified atom stereocenters. The highest BCUT2D eigenvalue weighted by Crippen LogP contribution is 2.31. The van der Waals surface area contributed by atoms with Crippen LogP contribution in [0.1, 0.15) is 16.8 Å². The summed E-state index contributed by atoms with van der Waals surface area (Å²) in [6, 6.07) is 3.17. The number of aliphatic hydroxyl groups excluding tert-OH is 1. The summed E-state index contributed by atoms with van der Waals surface area (Å²) >= 11 is 0. The fourth-order valence-corrected chi connectivity index (χ4v) is 5.05. The lowest BCUT2D eigenvalue weighted by molar-refractivity contribution is 0.112. The van der Waals surface area contributed by atoms with E-state index in [1.807, 2.05) is 0 Å². The van der Waals surface area contributed by atoms with Crippen LogP contribution in [0.15, 0.2) is 23.1 Å². The highest BCUT2D eigenvalue weighted by Gasteiger charge is 2.37. The first-order chi connectivity index (χ1) is 9.70. The Labute approximate surface area is 123 Å². The van der Waals surface area contributed by atoms with E-state index in [0.717, 1.165) is 16.6 Å². The van der Waals surface area contributed by atoms with E-state index < -0.39 is 25.9 Å². The van der Waals surface area contributed by atoms with Gasteiger partial charge in [-0.15, -0.1) is 0 Å². The van der Waals surface area contributed by atoms with Gasteiger partial charge >= 0.3 is 0 Å². The average molecular weight is 333 g/mol. The number of aliphatic hydroxyl groups is 1. The predicted molar refractivity (Wildman–Crippen MR) is 76.7 cm³/mol. The van der Waals surface area contributed by atoms with Crippen molar-refractivity contribution in [2.45, 2.75) is 17.4 Å². The van der Waals surface area contributed by atoms with Crippen LogP contribution in [0.2, 0.25) is 0 Å². The van der Waals surface area contributed by atoms with E-state index in [2.05, 4.69) is 0 Å². The zero-order valence-electron chi connectivity index (χ0n) is 11.3. The molecule has 0 amide bonds. The lowest BCUT2D eigenvalue weighted by atomic mass is 10.2. The van der Waals surface area contributed by atoms with E-state index in [9.17, 15) is 26.7 Å². The third-order valence-corrected chi connectivity index (χ3v) is 6.34. The number of benzene rings is 1. The molecule has 1 aromatic carbocycles. The number of sulfone groups is 1. The second-order valence-corrected chi connectivity index (χ2v) is 8.80. The molecule has 0 bridgehead atoms. The number of hydrogen-bond donors (Lipinski definition) is 1. The Morgan fingerprint density at radius 1 is 1.43 bits per heavy atom. The van der Waals surface area contributed by atoms with Crippen molar-refractivity contribution in [1.29, 1.82) is 0 Å². The second kappa shape index (κ2) is 5.39. The molecule has 1 N–H and O–H groups in total. The summed E-state index contributed by atoms with van der Waals surface area (Å²) in [5, 5.41) is 9.28. The van der Waals surface area contributed by atoms with E-state index in [1.165, 1.54) is 12.1 Å². The minimum absolute atomic E-state index is 0.0293. The maximum atomic E-state index is 12.0. The molecule has 0 radical (unpaired) electrons. The van der Waals surface area contributed by atoms with Crippen LogP contribution >= 0.6 is 0 Å². The highest BCUT2D eigenvalue weighted by molar-refractivity contribution is 7.93. The summed E-state index contributed by atoms with van der Waals surface area (Å²) < 4.78 is 48.5. The number of hydrogen-bond acceptors (Lipinski definition) is 6. The summed E-state index contributed by atoms with van der Waals surface area (Å²) in [5.41, 5.74) is 0.107. The Kier molecular flexibility index (Phi) is 4.09. The highest BCUT2D eigenvalue weighted by atomic mass is 32.2. The van der Waals surface area contributed by atoms with Crippen molar-refractivity contribution in [2.75, 3.05) is 22.9 Å². The van der Waals surface area contributed by atoms with Gasteiger partial charge in [0, 0.05) is 11.8 Å². The van der Waals surface area contributed by atoms with Crippen molar-refractivity contribution in [3.05, 3.63) is 23.8 Å². The normalized spacial score (nSPS) is 21.4. The molecule has 1 aliphatic rings. The van der Waals surface area contributed by atoms with Gasteiger partial charge in [0.1, 0.15) is 0 Å². The van der Waals surface area contributed by atoms with Crippen molar-refractivity contribution in [1.82, 2.24) is 0 Å². The van der Waals surface area contributed by atoms with Crippen molar-refractivity contribution in [2.24, 2.45) is 0 Å². The number of rotatable bonds is 4. The summed E-state index contributed by atoms with van der Waals surface area (Å²) in [6.07, 6.45) is 1.62. The SMILES string of the molecule is CS(=O)(=O)c1cc(N2C(CO)CCS2(=O)=O)ccc1C=O. The Balaban J connectivity index is 2.63. The van der Waals surface area contributed by atoms with Crippen LogP contribution in [0.25, 0.3) is 0 Å². The van der Waals surface area contributed by atoms with Crippen LogP contribution < -0.4 is 4.31 Å². The lowest BCUT2D eigenvalue weighted by Gasteiger charge is -2.24. The molecule has 0 spiro atoms. The van der Waals surface area contributed by atoms with Gasteiger partial charge < -0.3 is 5.11 Å². The minimum atomic E-state index is -3.67. The van der Waals surface area contributed by atoms with Gasteiger partial charge in [-0.25, -0.2) is 16.8 Å². The molecule has 1 aliphatic heterocycles. The lowest BCUT2D eigenvalue weighted by Crippen LogP contribution is -2.35. The third-order valence-electron chi connectivity index (χ3n) is 3.33. The standard InChI is InChI=1S/C12H15NO6S2/c1-20(16,17)12-6-10(3-2-9(12)7-14)13-11(8-15)4-5-21(13,18)19/h2-3,6-7,11,15H,4-5,8H2,1H3. The Bertz CT molecular complexity index is 769. The molecule has 7 nitrogen and oxygen atoms in total. The zero-order chi connectivity index (χ0) is 15.8. The number of sulfonamides is 1. The fraction of sp³-hybridized carbons (Fsp3) is 0.417. The molecule has 0 aliphatic carbocycles. The predicted octanol–water partition coefficient (Wildman–Crippen LogP) is -0.197. The molecule has 1 aromatic rings. The van der Waals surface area contributed by atoms with Crippen LogP contribution in [0, 0.1) is 0 Å². The molecule has 9 heteroatoms. The molecule has 116 valence electrons. The molecular formula is C12H15NO6S2. The van der Waals surface area contributed by atoms with Gasteiger partial charge in [0.25, 0.3) is 0 Å². The largest absolute Gasteiger partial charge is 0.394 e. The first kappa shape index (κ1) is 15.9. The van der Waals surface area contributed by atoms with Crippen LogP contribution in [0.3, 0.4) is 0 Å². The van der Waals surface area contributed by atoms with Crippen molar-refractivity contribution >= 4 is 31.8 Å². The molecular weight excluding hydrogens is 318 g/mol. The van der Waals surface area contributed by atoms with Crippen molar-refractivity contribution in [3.63, 3.8) is 0 Å². The van der Waals surface area contributed by atoms with Crippen LogP contribution in [0.4, 0.5) is 5.69 Å². The molecule has 21 heavy (non-hydrogen) atoms. The van der Waals surface area contributed by atoms with E-state index in [1.54, 1.807) is 0 Å². The topological polar surface area (TPSA) is 109 Å². The van der Waals surface area contributed by atoms with E-state index >= 15 is 0 Å². The third kappa shape index (κ3) is 2.94. The molecule has 2 rings (SSSR count). The maximum absolute atomic E-state index is 12.0. The van der Waals surface area contributed by atoms with Crippen LogP contribution in [-0.2, 0) is 19.9 Å². The number of carbonyl (C=O) groups is 1. The fourth-order valence-electron chi connectivity index (χ4n) is 2.34. The van der Waals surface area contributed by atoms with Gasteiger partial charge in [0.15, 0.2) is 16.1 Å². The molecule has 1 fully saturated rings. The van der Waals surface area contributed by atoms with E-state index in [0.29, 0.717) is 6.29 Å². The first-order valence-corrected chi connectivity index (χ1v) is 9.63. The average Bonchev–Trinajstić information content (AvgIpc) is 2.72. The molecule has 1 saturated heterocycles. The number of aldehydes is 1. The Morgan fingerprint density at radius 2 is 2.10 bits per heavy atom. The maximum Gasteiger partial charge on any atom is 0.235 e. The van der Waals surface area contributed by atoms with Crippen LogP contribution in [-0.4, -0.2) is 52.9 Å². The van der Waals surface area contributed by atoms with Gasteiger partial charge in [-0.2, -0.15) is 0 Å². The molecule has 1 heterocycles. The monoisotopic (exact) mass is 333 g/mol. The number of anilines is 1. The van der Waals surface area contributed by atoms with E-state index in [4.69, 9.17) is 0 Å².